The van der Waals surface area contributed by atoms with E-state index >= 15 is 0 Å². The summed E-state index contributed by atoms with van der Waals surface area (Å²) >= 11 is 6.06. The van der Waals surface area contributed by atoms with Crippen molar-refractivity contribution in [3.63, 3.8) is 0 Å². The average molecular weight is 461 g/mol. The van der Waals surface area contributed by atoms with E-state index < -0.39 is 10.0 Å². The molecule has 0 atom stereocenters. The first-order valence-corrected chi connectivity index (χ1v) is 11.8. The zero-order chi connectivity index (χ0) is 22.2. The fraction of sp³-hybridized carbons (Fsp3) is 0.250. The summed E-state index contributed by atoms with van der Waals surface area (Å²) in [6.45, 7) is 3.89. The number of amides is 1. The molecule has 11 heteroatoms. The first-order chi connectivity index (χ1) is 14.7. The number of carbonyl (C=O) groups is 1. The molecular weight excluding hydrogens is 440 g/mol. The Balaban J connectivity index is 1.52. The molecule has 0 aliphatic carbocycles. The summed E-state index contributed by atoms with van der Waals surface area (Å²) in [6, 6.07) is 6.21. The molecule has 162 valence electrons. The minimum absolute atomic E-state index is 0.259. The number of anilines is 3. The number of carbonyl (C=O) groups excluding carboxylic acids is 1. The SMILES string of the molecule is Cc1cc(C(=O)Nc2cc(Cl)cc(NS(C)(=O)=O)c2)cn1-c1ncc(N2CCC2)cn1. The molecule has 1 amide bonds. The Morgan fingerprint density at radius 3 is 2.39 bits per heavy atom. The Morgan fingerprint density at radius 2 is 1.77 bits per heavy atom. The highest BCUT2D eigenvalue weighted by atomic mass is 35.5. The van der Waals surface area contributed by atoms with Crippen molar-refractivity contribution >= 4 is 44.6 Å². The predicted octanol–water partition coefficient (Wildman–Crippen LogP) is 3.06. The lowest BCUT2D eigenvalue weighted by Crippen LogP contribution is -2.37. The largest absolute Gasteiger partial charge is 0.369 e. The van der Waals surface area contributed by atoms with E-state index in [0.717, 1.165) is 30.7 Å². The van der Waals surface area contributed by atoms with Crippen LogP contribution in [0, 0.1) is 6.92 Å². The summed E-state index contributed by atoms with van der Waals surface area (Å²) in [5, 5.41) is 3.02. The Hall–Kier alpha value is -3.11. The number of benzene rings is 1. The fourth-order valence-electron chi connectivity index (χ4n) is 3.23. The summed E-state index contributed by atoms with van der Waals surface area (Å²) in [5.74, 6) is 0.106. The van der Waals surface area contributed by atoms with Crippen LogP contribution in [0.3, 0.4) is 0 Å². The molecule has 3 aromatic rings. The number of nitrogens with one attached hydrogen (secondary N) is 2. The number of aromatic nitrogens is 3. The van der Waals surface area contributed by atoms with E-state index in [4.69, 9.17) is 11.6 Å². The molecule has 4 rings (SSSR count). The maximum absolute atomic E-state index is 12.8. The number of nitrogens with zero attached hydrogens (tertiary/aromatic N) is 4. The molecule has 0 unspecified atom stereocenters. The van der Waals surface area contributed by atoms with E-state index in [1.165, 1.54) is 24.6 Å². The molecule has 1 aliphatic rings. The molecule has 1 aliphatic heterocycles. The summed E-state index contributed by atoms with van der Waals surface area (Å²) in [5.41, 5.74) is 2.81. The Labute approximate surface area is 185 Å². The maximum Gasteiger partial charge on any atom is 0.257 e. The van der Waals surface area contributed by atoms with Gasteiger partial charge in [0.15, 0.2) is 0 Å². The van der Waals surface area contributed by atoms with Gasteiger partial charge in [-0.2, -0.15) is 0 Å². The van der Waals surface area contributed by atoms with Gasteiger partial charge >= 0.3 is 0 Å². The second kappa shape index (κ2) is 8.20. The zero-order valence-corrected chi connectivity index (χ0v) is 18.5. The lowest BCUT2D eigenvalue weighted by Gasteiger charge is -2.32. The second-order valence-electron chi connectivity index (χ2n) is 7.38. The third kappa shape index (κ3) is 4.97. The lowest BCUT2D eigenvalue weighted by atomic mass is 10.2. The van der Waals surface area contributed by atoms with Gasteiger partial charge in [0.1, 0.15) is 0 Å². The van der Waals surface area contributed by atoms with Gasteiger partial charge in [0.25, 0.3) is 5.91 Å². The molecule has 31 heavy (non-hydrogen) atoms. The van der Waals surface area contributed by atoms with Crippen molar-refractivity contribution in [1.82, 2.24) is 14.5 Å². The molecule has 0 bridgehead atoms. The number of hydrogen-bond donors (Lipinski definition) is 2. The minimum atomic E-state index is -3.47. The topological polar surface area (TPSA) is 109 Å². The van der Waals surface area contributed by atoms with E-state index in [-0.39, 0.29) is 16.6 Å². The smallest absolute Gasteiger partial charge is 0.257 e. The fourth-order valence-corrected chi connectivity index (χ4v) is 4.01. The van der Waals surface area contributed by atoms with Crippen LogP contribution in [0.4, 0.5) is 17.1 Å². The third-order valence-electron chi connectivity index (χ3n) is 4.79. The number of halogens is 1. The predicted molar refractivity (Wildman–Crippen MR) is 121 cm³/mol. The lowest BCUT2D eigenvalue weighted by molar-refractivity contribution is 0.102. The van der Waals surface area contributed by atoms with Crippen molar-refractivity contribution in [2.45, 2.75) is 13.3 Å². The molecule has 1 aromatic carbocycles. The van der Waals surface area contributed by atoms with Gasteiger partial charge in [0.05, 0.1) is 35.6 Å². The normalized spacial score (nSPS) is 13.6. The Bertz CT molecular complexity index is 1240. The monoisotopic (exact) mass is 460 g/mol. The highest BCUT2D eigenvalue weighted by Gasteiger charge is 2.17. The van der Waals surface area contributed by atoms with Crippen molar-refractivity contribution in [3.05, 3.63) is 59.1 Å². The molecule has 2 N–H and O–H groups in total. The van der Waals surface area contributed by atoms with Gasteiger partial charge in [-0.1, -0.05) is 11.6 Å². The number of sulfonamides is 1. The van der Waals surface area contributed by atoms with Gasteiger partial charge in [-0.15, -0.1) is 0 Å². The number of hydrogen-bond acceptors (Lipinski definition) is 6. The van der Waals surface area contributed by atoms with E-state index in [0.29, 0.717) is 17.2 Å². The minimum Gasteiger partial charge on any atom is -0.369 e. The van der Waals surface area contributed by atoms with Crippen molar-refractivity contribution < 1.29 is 13.2 Å². The highest BCUT2D eigenvalue weighted by Crippen LogP contribution is 2.24. The Kier molecular flexibility index (Phi) is 5.59. The first-order valence-electron chi connectivity index (χ1n) is 9.54. The van der Waals surface area contributed by atoms with E-state index in [2.05, 4.69) is 24.9 Å². The van der Waals surface area contributed by atoms with Crippen LogP contribution in [0.2, 0.25) is 5.02 Å². The molecule has 0 saturated carbocycles. The van der Waals surface area contributed by atoms with Gasteiger partial charge in [-0.05, 0) is 37.6 Å². The van der Waals surface area contributed by atoms with Crippen molar-refractivity contribution in [2.24, 2.45) is 0 Å². The quantitative estimate of drug-likeness (QED) is 0.585. The standard InChI is InChI=1S/C20H21ClN6O3S/c1-13-6-14(12-27(13)20-22-10-18(11-23-20)26-4-3-5-26)19(28)24-16-7-15(21)8-17(9-16)25-31(2,29)30/h6-12,25H,3-5H2,1-2H3,(H,24,28). The molecule has 0 radical (unpaired) electrons. The van der Waals surface area contributed by atoms with Crippen molar-refractivity contribution in [2.75, 3.05) is 34.3 Å². The number of aryl methyl sites for hydroxylation is 1. The second-order valence-corrected chi connectivity index (χ2v) is 9.56. The van der Waals surface area contributed by atoms with Gasteiger partial charge in [0.2, 0.25) is 16.0 Å². The summed E-state index contributed by atoms with van der Waals surface area (Å²) in [6.07, 6.45) is 7.43. The highest BCUT2D eigenvalue weighted by molar-refractivity contribution is 7.92. The maximum atomic E-state index is 12.8. The molecule has 2 aromatic heterocycles. The van der Waals surface area contributed by atoms with Crippen LogP contribution >= 0.6 is 11.6 Å². The van der Waals surface area contributed by atoms with Gasteiger partial charge in [0, 0.05) is 35.7 Å². The molecule has 9 nitrogen and oxygen atoms in total. The summed E-state index contributed by atoms with van der Waals surface area (Å²) < 4.78 is 27.0. The van der Waals surface area contributed by atoms with Crippen molar-refractivity contribution in [1.29, 1.82) is 0 Å². The summed E-state index contributed by atoms with van der Waals surface area (Å²) in [4.78, 5) is 23.8. The molecule has 1 fully saturated rings. The molecular formula is C20H21ClN6O3S. The third-order valence-corrected chi connectivity index (χ3v) is 5.62. The zero-order valence-electron chi connectivity index (χ0n) is 17.0. The van der Waals surface area contributed by atoms with Crippen LogP contribution in [0.15, 0.2) is 42.9 Å². The van der Waals surface area contributed by atoms with Crippen LogP contribution in [-0.2, 0) is 10.0 Å². The van der Waals surface area contributed by atoms with Crippen LogP contribution in [0.25, 0.3) is 5.95 Å². The van der Waals surface area contributed by atoms with Gasteiger partial charge in [-0.3, -0.25) is 14.1 Å². The molecule has 3 heterocycles. The van der Waals surface area contributed by atoms with Gasteiger partial charge < -0.3 is 10.2 Å². The molecule has 0 spiro atoms. The average Bonchev–Trinajstić information content (AvgIpc) is 3.01. The number of rotatable bonds is 6. The van der Waals surface area contributed by atoms with Gasteiger partial charge in [-0.25, -0.2) is 18.4 Å². The van der Waals surface area contributed by atoms with Crippen LogP contribution < -0.4 is 14.9 Å². The Morgan fingerprint density at radius 1 is 1.10 bits per heavy atom. The first kappa shape index (κ1) is 21.1. The van der Waals surface area contributed by atoms with Crippen LogP contribution in [0.5, 0.6) is 0 Å². The summed E-state index contributed by atoms with van der Waals surface area (Å²) in [7, 11) is -3.47. The van der Waals surface area contributed by atoms with E-state index in [9.17, 15) is 13.2 Å². The van der Waals surface area contributed by atoms with Crippen molar-refractivity contribution in [3.8, 4) is 5.95 Å². The van der Waals surface area contributed by atoms with E-state index in [1.807, 2.05) is 6.92 Å². The van der Waals surface area contributed by atoms with Crippen LogP contribution in [-0.4, -0.2) is 48.2 Å². The van der Waals surface area contributed by atoms with Crippen LogP contribution in [0.1, 0.15) is 22.5 Å². The molecule has 1 saturated heterocycles. The van der Waals surface area contributed by atoms with E-state index in [1.54, 1.807) is 29.2 Å².